The van der Waals surface area contributed by atoms with Crippen LogP contribution in [0.3, 0.4) is 0 Å². The molecule has 17 heteroatoms. The van der Waals surface area contributed by atoms with Crippen LogP contribution in [0.2, 0.25) is 28.2 Å². The average molecular weight is 1040 g/mol. The van der Waals surface area contributed by atoms with E-state index in [1.807, 2.05) is 42.5 Å². The highest BCUT2D eigenvalue weighted by atomic mass is 79.9. The molecule has 0 fully saturated rings. The van der Waals surface area contributed by atoms with Crippen molar-refractivity contribution < 1.29 is 42.9 Å². The van der Waals surface area contributed by atoms with E-state index in [0.29, 0.717) is 38.3 Å². The lowest BCUT2D eigenvalue weighted by atomic mass is 9.96. The quantitative estimate of drug-likeness (QED) is 0.0499. The van der Waals surface area contributed by atoms with Crippen molar-refractivity contribution in [1.82, 2.24) is 16.0 Å². The summed E-state index contributed by atoms with van der Waals surface area (Å²) >= 11 is 16.8. The number of nitrogens with one attached hydrogen (secondary N) is 4. The van der Waals surface area contributed by atoms with Gasteiger partial charge in [-0.15, -0.1) is 11.5 Å². The summed E-state index contributed by atoms with van der Waals surface area (Å²) in [5.74, 6) is 2.47. The van der Waals surface area contributed by atoms with E-state index in [4.69, 9.17) is 46.9 Å². The largest absolute Gasteiger partial charge is 0.494 e. The highest BCUT2D eigenvalue weighted by Gasteiger charge is 2.33. The molecule has 0 aliphatic heterocycles. The van der Waals surface area contributed by atoms with Crippen molar-refractivity contribution >= 4 is 76.7 Å². The first-order valence-electron chi connectivity index (χ1n) is 21.9. The molecule has 360 valence electrons. The number of hydrogen-bond donors (Lipinski definition) is 4. The number of carbonyl (C=O) groups is 4. The third kappa shape index (κ3) is 15.4. The first-order valence-corrected chi connectivity index (χ1v) is 26.1. The molecule has 0 unspecified atom stereocenters. The summed E-state index contributed by atoms with van der Waals surface area (Å²) in [6.07, 6.45) is -0.881. The minimum absolute atomic E-state index is 0.0475. The molecule has 4 amide bonds. The van der Waals surface area contributed by atoms with E-state index in [2.05, 4.69) is 69.4 Å². The van der Waals surface area contributed by atoms with Crippen LogP contribution >= 0.6 is 39.1 Å². The van der Waals surface area contributed by atoms with Crippen LogP contribution in [0.5, 0.6) is 17.2 Å². The molecule has 0 aliphatic carbocycles. The van der Waals surface area contributed by atoms with Crippen LogP contribution < -0.4 is 35.5 Å². The first-order chi connectivity index (χ1) is 31.8. The van der Waals surface area contributed by atoms with Crippen LogP contribution in [0.25, 0.3) is 11.1 Å². The molecular weight excluding hydrogens is 979 g/mol. The fraction of sp³-hybridized carbons (Fsp3) is 0.400. The van der Waals surface area contributed by atoms with Crippen molar-refractivity contribution in [2.24, 2.45) is 0 Å². The van der Waals surface area contributed by atoms with Crippen LogP contribution in [0, 0.1) is 11.5 Å². The van der Waals surface area contributed by atoms with Crippen LogP contribution in [0.4, 0.5) is 10.5 Å². The minimum atomic E-state index is -1.95. The second-order valence-electron chi connectivity index (χ2n) is 16.7. The van der Waals surface area contributed by atoms with Crippen molar-refractivity contribution in [3.63, 3.8) is 0 Å². The predicted molar refractivity (Wildman–Crippen MR) is 271 cm³/mol. The number of halogens is 3. The molecular formula is C50H61BrCl2N4O9Si. The standard InChI is InChI=1S/C50H61BrCl2N4O9Si/c1-11-67(12-2,13-3)23-17-20-40(56-49(61)66-50(5,6)7)47(59)57-44(35-25-38(52)46(64-10)39(53)26-35)48(60)55-42(30-65-29-32-18-15-14-16-19-32)34-24-36(45(63-9)43(28-34)62-8)33-21-22-37(51)41(27-33)54-31(4)58/h14-16,18-19,21-22,24-28,40,42,44H,11-13,20,29-30H2,1-10H3,(H,54,58)(H,55,60)(H,56,61)(H,57,59)/t40-,42+,44-/m1/s1. The van der Waals surface area contributed by atoms with Crippen molar-refractivity contribution in [3.8, 4) is 39.8 Å². The first kappa shape index (κ1) is 54.4. The van der Waals surface area contributed by atoms with E-state index in [9.17, 15) is 14.4 Å². The minimum Gasteiger partial charge on any atom is -0.494 e. The lowest BCUT2D eigenvalue weighted by Crippen LogP contribution is -2.51. The fourth-order valence-electron chi connectivity index (χ4n) is 7.22. The third-order valence-electron chi connectivity index (χ3n) is 11.0. The Morgan fingerprint density at radius 3 is 1.99 bits per heavy atom. The van der Waals surface area contributed by atoms with Gasteiger partial charge in [-0.25, -0.2) is 4.79 Å². The monoisotopic (exact) mass is 1040 g/mol. The highest BCUT2D eigenvalue weighted by molar-refractivity contribution is 9.10. The molecule has 0 bridgehead atoms. The number of amides is 4. The van der Waals surface area contributed by atoms with Gasteiger partial charge in [0, 0.05) is 23.4 Å². The molecule has 67 heavy (non-hydrogen) atoms. The Morgan fingerprint density at radius 2 is 1.42 bits per heavy atom. The summed E-state index contributed by atoms with van der Waals surface area (Å²) in [4.78, 5) is 55.0. The van der Waals surface area contributed by atoms with Crippen LogP contribution in [-0.2, 0) is 30.5 Å². The molecule has 0 saturated carbocycles. The van der Waals surface area contributed by atoms with Gasteiger partial charge in [0.25, 0.3) is 0 Å². The molecule has 0 spiro atoms. The van der Waals surface area contributed by atoms with Gasteiger partial charge in [-0.3, -0.25) is 14.4 Å². The van der Waals surface area contributed by atoms with Gasteiger partial charge in [0.2, 0.25) is 17.7 Å². The van der Waals surface area contributed by atoms with Gasteiger partial charge >= 0.3 is 6.09 Å². The van der Waals surface area contributed by atoms with E-state index in [1.165, 1.54) is 40.4 Å². The zero-order chi connectivity index (χ0) is 49.5. The molecule has 0 aliphatic rings. The average Bonchev–Trinajstić information content (AvgIpc) is 3.28. The van der Waals surface area contributed by atoms with Crippen molar-refractivity contribution in [1.29, 1.82) is 0 Å². The zero-order valence-corrected chi connectivity index (χ0v) is 43.8. The Labute approximate surface area is 413 Å². The van der Waals surface area contributed by atoms with Crippen LogP contribution in [-0.4, -0.2) is 71.5 Å². The number of ether oxygens (including phenoxy) is 5. The second kappa shape index (κ2) is 25.2. The number of alkyl carbamates (subject to hydrolysis) is 1. The molecule has 0 heterocycles. The van der Waals surface area contributed by atoms with Crippen molar-refractivity contribution in [3.05, 3.63) is 104 Å². The van der Waals surface area contributed by atoms with Crippen molar-refractivity contribution in [2.45, 2.75) is 103 Å². The van der Waals surface area contributed by atoms with Gasteiger partial charge in [0.05, 0.1) is 56.3 Å². The van der Waals surface area contributed by atoms with E-state index in [-0.39, 0.29) is 46.9 Å². The fourth-order valence-corrected chi connectivity index (χ4v) is 10.7. The Bertz CT molecular complexity index is 2410. The summed E-state index contributed by atoms with van der Waals surface area (Å²) in [5.41, 5.74) is 6.05. The molecule has 4 rings (SSSR count). The van der Waals surface area contributed by atoms with E-state index in [0.717, 1.165) is 23.7 Å². The van der Waals surface area contributed by atoms with Gasteiger partial charge in [-0.2, -0.15) is 0 Å². The Hall–Kier alpha value is -5.24. The van der Waals surface area contributed by atoms with Gasteiger partial charge in [0.1, 0.15) is 25.8 Å². The summed E-state index contributed by atoms with van der Waals surface area (Å²) in [5, 5.41) is 11.7. The van der Waals surface area contributed by atoms with Gasteiger partial charge < -0.3 is 45.0 Å². The van der Waals surface area contributed by atoms with E-state index in [1.54, 1.807) is 39.0 Å². The number of anilines is 1. The van der Waals surface area contributed by atoms with Gasteiger partial charge in [0.15, 0.2) is 17.2 Å². The predicted octanol–water partition coefficient (Wildman–Crippen LogP) is 11.0. The highest BCUT2D eigenvalue weighted by Crippen LogP contribution is 2.43. The molecule has 13 nitrogen and oxygen atoms in total. The number of hydrogen-bond acceptors (Lipinski definition) is 9. The molecule has 0 saturated heterocycles. The molecule has 4 aromatic rings. The number of rotatable bonds is 20. The van der Waals surface area contributed by atoms with Crippen molar-refractivity contribution in [2.75, 3.05) is 33.3 Å². The van der Waals surface area contributed by atoms with Crippen LogP contribution in [0.15, 0.2) is 77.3 Å². The Balaban J connectivity index is 1.87. The number of carbonyl (C=O) groups excluding carboxylic acids is 4. The second-order valence-corrected chi connectivity index (χ2v) is 23.3. The summed E-state index contributed by atoms with van der Waals surface area (Å²) in [6.45, 7) is 13.1. The normalized spacial score (nSPS) is 12.6. The lowest BCUT2D eigenvalue weighted by molar-refractivity contribution is -0.130. The number of benzene rings is 4. The maximum atomic E-state index is 15.1. The molecule has 0 aromatic heterocycles. The summed E-state index contributed by atoms with van der Waals surface area (Å²) < 4.78 is 29.6. The van der Waals surface area contributed by atoms with Gasteiger partial charge in [-0.1, -0.05) is 80.4 Å². The zero-order valence-electron chi connectivity index (χ0n) is 39.7. The van der Waals surface area contributed by atoms with E-state index >= 15 is 4.79 Å². The smallest absolute Gasteiger partial charge is 0.408 e. The summed E-state index contributed by atoms with van der Waals surface area (Å²) in [6, 6.07) is 20.7. The maximum Gasteiger partial charge on any atom is 0.408 e. The third-order valence-corrected chi connectivity index (χ3v) is 17.0. The SMILES string of the molecule is CC[Si](C#CC[C@@H](NC(=O)OC(C)(C)C)C(=O)N[C@@H](C(=O)N[C@@H](COCc1ccccc1)c1cc(OC)c(OC)c(-c2ccc(Br)c(NC(C)=O)c2)c1)c1cc(Cl)c(OC)c(Cl)c1)(CC)CC. The number of methoxy groups -OCH3 is 3. The Kier molecular flexibility index (Phi) is 20.5. The van der Waals surface area contributed by atoms with Gasteiger partial charge in [-0.05, 0) is 113 Å². The lowest BCUT2D eigenvalue weighted by Gasteiger charge is -2.27. The Morgan fingerprint density at radius 1 is 0.776 bits per heavy atom. The molecule has 3 atom stereocenters. The topological polar surface area (TPSA) is 163 Å². The molecule has 4 aromatic carbocycles. The molecule has 4 N–H and O–H groups in total. The summed E-state index contributed by atoms with van der Waals surface area (Å²) in [7, 11) is 2.48. The van der Waals surface area contributed by atoms with Crippen LogP contribution in [0.1, 0.15) is 83.7 Å². The maximum absolute atomic E-state index is 15.1. The molecule has 0 radical (unpaired) electrons. The van der Waals surface area contributed by atoms with E-state index < -0.39 is 49.7 Å².